The summed E-state index contributed by atoms with van der Waals surface area (Å²) in [5.41, 5.74) is 1.44. The zero-order valence-corrected chi connectivity index (χ0v) is 10.4. The quantitative estimate of drug-likeness (QED) is 0.840. The lowest BCUT2D eigenvalue weighted by Gasteiger charge is -2.18. The highest BCUT2D eigenvalue weighted by molar-refractivity contribution is 5.99. The van der Waals surface area contributed by atoms with E-state index >= 15 is 0 Å². The summed E-state index contributed by atoms with van der Waals surface area (Å²) in [4.78, 5) is 16.1. The van der Waals surface area contributed by atoms with Crippen LogP contribution in [-0.2, 0) is 0 Å². The number of nitrogens with zero attached hydrogens (tertiary/aromatic N) is 1. The Morgan fingerprint density at radius 2 is 2.29 bits per heavy atom. The smallest absolute Gasteiger partial charge is 0.253 e. The van der Waals surface area contributed by atoms with Crippen molar-refractivity contribution in [3.05, 3.63) is 24.0 Å². The summed E-state index contributed by atoms with van der Waals surface area (Å²) < 4.78 is 0. The molecule has 2 N–H and O–H groups in total. The molecule has 0 radical (unpaired) electrons. The molecule has 4 nitrogen and oxygen atoms in total. The van der Waals surface area contributed by atoms with E-state index in [1.807, 2.05) is 0 Å². The number of hydrogen-bond acceptors (Lipinski definition) is 3. The summed E-state index contributed by atoms with van der Waals surface area (Å²) >= 11 is 0. The minimum atomic E-state index is -0.00417. The summed E-state index contributed by atoms with van der Waals surface area (Å²) in [5.74, 6) is 0.578. The summed E-state index contributed by atoms with van der Waals surface area (Å²) in [7, 11) is 1.80. The van der Waals surface area contributed by atoms with E-state index in [-0.39, 0.29) is 5.91 Å². The van der Waals surface area contributed by atoms with Gasteiger partial charge in [0.1, 0.15) is 0 Å². The van der Waals surface area contributed by atoms with E-state index in [4.69, 9.17) is 0 Å². The number of pyridine rings is 1. The first-order chi connectivity index (χ1) is 8.22. The molecule has 92 valence electrons. The van der Waals surface area contributed by atoms with Crippen molar-refractivity contribution in [1.29, 1.82) is 0 Å². The Balaban J connectivity index is 2.09. The van der Waals surface area contributed by atoms with Crippen LogP contribution in [0.2, 0.25) is 0 Å². The molecule has 0 aliphatic heterocycles. The standard InChI is InChI=1S/C13H19N3O/c1-9-4-3-5-11(9)16-13(17)10-6-7-15-8-12(10)14-2/h6-9,11,14H,3-5H2,1-2H3,(H,16,17). The molecule has 1 amide bonds. The Morgan fingerprint density at radius 1 is 1.47 bits per heavy atom. The van der Waals surface area contributed by atoms with E-state index in [0.29, 0.717) is 17.5 Å². The zero-order chi connectivity index (χ0) is 12.3. The maximum Gasteiger partial charge on any atom is 0.253 e. The number of rotatable bonds is 3. The number of nitrogens with one attached hydrogen (secondary N) is 2. The largest absolute Gasteiger partial charge is 0.386 e. The predicted molar refractivity (Wildman–Crippen MR) is 68.1 cm³/mol. The van der Waals surface area contributed by atoms with Gasteiger partial charge in [-0.05, 0) is 24.8 Å². The number of carbonyl (C=O) groups is 1. The van der Waals surface area contributed by atoms with Gasteiger partial charge in [-0.25, -0.2) is 0 Å². The summed E-state index contributed by atoms with van der Waals surface area (Å²) in [5, 5.41) is 6.10. The molecule has 17 heavy (non-hydrogen) atoms. The van der Waals surface area contributed by atoms with E-state index in [1.165, 1.54) is 12.8 Å². The first-order valence-corrected chi connectivity index (χ1v) is 6.15. The minimum absolute atomic E-state index is 0.00417. The van der Waals surface area contributed by atoms with Crippen LogP contribution in [0.5, 0.6) is 0 Å². The van der Waals surface area contributed by atoms with Crippen LogP contribution in [0.1, 0.15) is 36.5 Å². The molecule has 0 bridgehead atoms. The van der Waals surface area contributed by atoms with Gasteiger partial charge >= 0.3 is 0 Å². The fourth-order valence-electron chi connectivity index (χ4n) is 2.40. The van der Waals surface area contributed by atoms with Crippen LogP contribution in [-0.4, -0.2) is 24.0 Å². The van der Waals surface area contributed by atoms with Crippen molar-refractivity contribution in [3.8, 4) is 0 Å². The van der Waals surface area contributed by atoms with Gasteiger partial charge in [0.25, 0.3) is 5.91 Å². The van der Waals surface area contributed by atoms with Gasteiger partial charge in [-0.2, -0.15) is 0 Å². The van der Waals surface area contributed by atoms with Gasteiger partial charge < -0.3 is 10.6 Å². The van der Waals surface area contributed by atoms with E-state index in [9.17, 15) is 4.79 Å². The van der Waals surface area contributed by atoms with Gasteiger partial charge in [0.15, 0.2) is 0 Å². The molecule has 0 spiro atoms. The van der Waals surface area contributed by atoms with E-state index in [1.54, 1.807) is 25.5 Å². The first kappa shape index (κ1) is 11.9. The fourth-order valence-corrected chi connectivity index (χ4v) is 2.40. The Hall–Kier alpha value is -1.58. The summed E-state index contributed by atoms with van der Waals surface area (Å²) in [6.07, 6.45) is 6.83. The Kier molecular flexibility index (Phi) is 3.61. The number of amides is 1. The summed E-state index contributed by atoms with van der Waals surface area (Å²) in [6, 6.07) is 2.07. The lowest BCUT2D eigenvalue weighted by atomic mass is 10.1. The van der Waals surface area contributed by atoms with Crippen molar-refractivity contribution in [3.63, 3.8) is 0 Å². The van der Waals surface area contributed by atoms with Crippen LogP contribution in [0, 0.1) is 5.92 Å². The molecule has 2 rings (SSSR count). The van der Waals surface area contributed by atoms with Crippen molar-refractivity contribution < 1.29 is 4.79 Å². The van der Waals surface area contributed by atoms with Crippen LogP contribution in [0.15, 0.2) is 18.5 Å². The van der Waals surface area contributed by atoms with Crippen LogP contribution >= 0.6 is 0 Å². The molecule has 0 aromatic carbocycles. The maximum absolute atomic E-state index is 12.1. The molecule has 1 heterocycles. The third-order valence-electron chi connectivity index (χ3n) is 3.51. The van der Waals surface area contributed by atoms with Crippen molar-refractivity contribution in [2.24, 2.45) is 5.92 Å². The summed E-state index contributed by atoms with van der Waals surface area (Å²) in [6.45, 7) is 2.20. The van der Waals surface area contributed by atoms with Gasteiger partial charge in [-0.3, -0.25) is 9.78 Å². The normalized spacial score (nSPS) is 23.4. The second-order valence-electron chi connectivity index (χ2n) is 4.66. The fraction of sp³-hybridized carbons (Fsp3) is 0.538. The molecule has 1 saturated carbocycles. The van der Waals surface area contributed by atoms with Crippen LogP contribution in [0.3, 0.4) is 0 Å². The molecule has 1 fully saturated rings. The zero-order valence-electron chi connectivity index (χ0n) is 10.4. The van der Waals surface area contributed by atoms with Crippen molar-refractivity contribution >= 4 is 11.6 Å². The monoisotopic (exact) mass is 233 g/mol. The molecule has 1 aromatic rings. The molecule has 1 aliphatic carbocycles. The van der Waals surface area contributed by atoms with Gasteiger partial charge in [0, 0.05) is 19.3 Å². The Morgan fingerprint density at radius 3 is 2.94 bits per heavy atom. The average molecular weight is 233 g/mol. The Bertz CT molecular complexity index is 405. The Labute approximate surface area is 102 Å². The van der Waals surface area contributed by atoms with Crippen molar-refractivity contribution in [2.75, 3.05) is 12.4 Å². The van der Waals surface area contributed by atoms with Gasteiger partial charge in [-0.15, -0.1) is 0 Å². The van der Waals surface area contributed by atoms with Crippen molar-refractivity contribution in [2.45, 2.75) is 32.2 Å². The van der Waals surface area contributed by atoms with Gasteiger partial charge in [-0.1, -0.05) is 13.3 Å². The minimum Gasteiger partial charge on any atom is -0.386 e. The molecule has 0 saturated heterocycles. The number of aromatic nitrogens is 1. The molecule has 2 unspecified atom stereocenters. The third-order valence-corrected chi connectivity index (χ3v) is 3.51. The van der Waals surface area contributed by atoms with Gasteiger partial charge in [0.2, 0.25) is 0 Å². The lowest BCUT2D eigenvalue weighted by molar-refractivity contribution is 0.0930. The van der Waals surface area contributed by atoms with Crippen LogP contribution in [0.25, 0.3) is 0 Å². The molecule has 2 atom stereocenters. The van der Waals surface area contributed by atoms with E-state index in [2.05, 4.69) is 22.5 Å². The maximum atomic E-state index is 12.1. The topological polar surface area (TPSA) is 54.0 Å². The highest BCUT2D eigenvalue weighted by atomic mass is 16.1. The highest BCUT2D eigenvalue weighted by Crippen LogP contribution is 2.25. The average Bonchev–Trinajstić information content (AvgIpc) is 2.75. The van der Waals surface area contributed by atoms with Crippen LogP contribution < -0.4 is 10.6 Å². The number of anilines is 1. The highest BCUT2D eigenvalue weighted by Gasteiger charge is 2.25. The second kappa shape index (κ2) is 5.17. The van der Waals surface area contributed by atoms with E-state index in [0.717, 1.165) is 12.1 Å². The third kappa shape index (κ3) is 2.57. The molecule has 1 aliphatic rings. The predicted octanol–water partition coefficient (Wildman–Crippen LogP) is 2.04. The first-order valence-electron chi connectivity index (χ1n) is 6.15. The van der Waals surface area contributed by atoms with Crippen LogP contribution in [0.4, 0.5) is 5.69 Å². The molecular weight excluding hydrogens is 214 g/mol. The number of carbonyl (C=O) groups excluding carboxylic acids is 1. The van der Waals surface area contributed by atoms with E-state index < -0.39 is 0 Å². The SMILES string of the molecule is CNc1cnccc1C(=O)NC1CCCC1C. The van der Waals surface area contributed by atoms with Gasteiger partial charge in [0.05, 0.1) is 17.4 Å². The molecular formula is C13H19N3O. The lowest BCUT2D eigenvalue weighted by Crippen LogP contribution is -2.36. The second-order valence-corrected chi connectivity index (χ2v) is 4.66. The van der Waals surface area contributed by atoms with Crippen molar-refractivity contribution in [1.82, 2.24) is 10.3 Å². The molecule has 1 aromatic heterocycles. The molecule has 4 heteroatoms. The number of hydrogen-bond donors (Lipinski definition) is 2.